The second-order valence-corrected chi connectivity index (χ2v) is 4.00. The molecule has 0 fully saturated rings. The number of nitrogen functional groups attached to an aromatic ring is 1. The van der Waals surface area contributed by atoms with Crippen LogP contribution in [-0.2, 0) is 0 Å². The lowest BCUT2D eigenvalue weighted by molar-refractivity contribution is 0.218. The number of nitrogens with zero attached hydrogens (tertiary/aromatic N) is 2. The summed E-state index contributed by atoms with van der Waals surface area (Å²) >= 11 is 5.92. The van der Waals surface area contributed by atoms with Crippen LogP contribution < -0.4 is 11.1 Å². The van der Waals surface area contributed by atoms with E-state index in [-0.39, 0.29) is 17.4 Å². The standard InChI is InChI=1S/C9H15ClN4O/c1-3-9(2,4-15)14-8-6(10)7(11)12-5-13-8/h5,15H,3-4H2,1-2H3,(H3,11,12,13,14). The highest BCUT2D eigenvalue weighted by molar-refractivity contribution is 6.35. The molecule has 1 atom stereocenters. The van der Waals surface area contributed by atoms with E-state index in [2.05, 4.69) is 15.3 Å². The maximum absolute atomic E-state index is 9.23. The Morgan fingerprint density at radius 3 is 2.80 bits per heavy atom. The summed E-state index contributed by atoms with van der Waals surface area (Å²) in [5.41, 5.74) is 5.08. The quantitative estimate of drug-likeness (QED) is 0.726. The number of anilines is 2. The molecule has 1 rings (SSSR count). The summed E-state index contributed by atoms with van der Waals surface area (Å²) in [5.74, 6) is 0.674. The van der Waals surface area contributed by atoms with Crippen LogP contribution in [0.3, 0.4) is 0 Å². The number of nitrogens with one attached hydrogen (secondary N) is 1. The van der Waals surface area contributed by atoms with Crippen molar-refractivity contribution in [2.45, 2.75) is 25.8 Å². The number of aromatic nitrogens is 2. The van der Waals surface area contributed by atoms with Crippen LogP contribution in [-0.4, -0.2) is 27.2 Å². The van der Waals surface area contributed by atoms with Crippen molar-refractivity contribution in [3.05, 3.63) is 11.3 Å². The summed E-state index contributed by atoms with van der Waals surface area (Å²) in [7, 11) is 0. The van der Waals surface area contributed by atoms with Gasteiger partial charge >= 0.3 is 0 Å². The van der Waals surface area contributed by atoms with E-state index in [1.807, 2.05) is 13.8 Å². The number of aliphatic hydroxyl groups excluding tert-OH is 1. The Bertz CT molecular complexity index is 341. The van der Waals surface area contributed by atoms with Crippen molar-refractivity contribution >= 4 is 23.2 Å². The molecule has 0 bridgehead atoms. The number of halogens is 1. The van der Waals surface area contributed by atoms with Gasteiger partial charge in [-0.25, -0.2) is 9.97 Å². The Morgan fingerprint density at radius 1 is 1.60 bits per heavy atom. The molecule has 15 heavy (non-hydrogen) atoms. The van der Waals surface area contributed by atoms with E-state index in [1.54, 1.807) is 0 Å². The molecule has 1 aromatic heterocycles. The van der Waals surface area contributed by atoms with Crippen molar-refractivity contribution in [1.82, 2.24) is 9.97 Å². The maximum Gasteiger partial charge on any atom is 0.150 e. The van der Waals surface area contributed by atoms with Crippen LogP contribution in [0.15, 0.2) is 6.33 Å². The van der Waals surface area contributed by atoms with Gasteiger partial charge < -0.3 is 16.2 Å². The monoisotopic (exact) mass is 230 g/mol. The van der Waals surface area contributed by atoms with Crippen LogP contribution in [0.2, 0.25) is 5.02 Å². The summed E-state index contributed by atoms with van der Waals surface area (Å²) < 4.78 is 0. The molecule has 0 aliphatic carbocycles. The fourth-order valence-corrected chi connectivity index (χ4v) is 1.14. The molecule has 6 heteroatoms. The van der Waals surface area contributed by atoms with Gasteiger partial charge in [0.25, 0.3) is 0 Å². The topological polar surface area (TPSA) is 84.1 Å². The summed E-state index contributed by atoms with van der Waals surface area (Å²) in [6.07, 6.45) is 2.07. The fraction of sp³-hybridized carbons (Fsp3) is 0.556. The zero-order chi connectivity index (χ0) is 11.5. The highest BCUT2D eigenvalue weighted by atomic mass is 35.5. The van der Waals surface area contributed by atoms with E-state index < -0.39 is 5.54 Å². The van der Waals surface area contributed by atoms with Gasteiger partial charge in [-0.3, -0.25) is 0 Å². The van der Waals surface area contributed by atoms with Gasteiger partial charge in [0.1, 0.15) is 17.2 Å². The molecule has 1 heterocycles. The first-order valence-electron chi connectivity index (χ1n) is 4.67. The second kappa shape index (κ2) is 4.63. The lowest BCUT2D eigenvalue weighted by atomic mass is 10.0. The van der Waals surface area contributed by atoms with Crippen molar-refractivity contribution in [2.24, 2.45) is 0 Å². The van der Waals surface area contributed by atoms with Crippen LogP contribution in [0, 0.1) is 0 Å². The highest BCUT2D eigenvalue weighted by Crippen LogP contribution is 2.26. The lowest BCUT2D eigenvalue weighted by Crippen LogP contribution is -2.38. The lowest BCUT2D eigenvalue weighted by Gasteiger charge is -2.28. The smallest absolute Gasteiger partial charge is 0.150 e. The SMILES string of the molecule is CCC(C)(CO)Nc1ncnc(N)c1Cl. The van der Waals surface area contributed by atoms with Crippen LogP contribution in [0.5, 0.6) is 0 Å². The Hall–Kier alpha value is -1.07. The Kier molecular flexibility index (Phi) is 3.71. The molecule has 0 aromatic carbocycles. The normalized spacial score (nSPS) is 14.7. The molecule has 0 spiro atoms. The van der Waals surface area contributed by atoms with Gasteiger partial charge in [0.05, 0.1) is 12.1 Å². The molecule has 1 unspecified atom stereocenters. The van der Waals surface area contributed by atoms with Crippen molar-refractivity contribution in [2.75, 3.05) is 17.7 Å². The first-order chi connectivity index (χ1) is 7.02. The van der Waals surface area contributed by atoms with Crippen LogP contribution >= 0.6 is 11.6 Å². The highest BCUT2D eigenvalue weighted by Gasteiger charge is 2.22. The third-order valence-electron chi connectivity index (χ3n) is 2.37. The Balaban J connectivity index is 2.94. The van der Waals surface area contributed by atoms with Gasteiger partial charge in [-0.1, -0.05) is 18.5 Å². The number of nitrogens with two attached hydrogens (primary N) is 1. The summed E-state index contributed by atoms with van der Waals surface area (Å²) in [5, 5.41) is 12.6. The van der Waals surface area contributed by atoms with Gasteiger partial charge in [0.2, 0.25) is 0 Å². The van der Waals surface area contributed by atoms with E-state index >= 15 is 0 Å². The number of hydrogen-bond acceptors (Lipinski definition) is 5. The molecule has 5 nitrogen and oxygen atoms in total. The predicted octanol–water partition coefficient (Wildman–Crippen LogP) is 1.29. The third kappa shape index (κ3) is 2.70. The van der Waals surface area contributed by atoms with Crippen LogP contribution in [0.25, 0.3) is 0 Å². The molecular weight excluding hydrogens is 216 g/mol. The zero-order valence-electron chi connectivity index (χ0n) is 8.79. The Morgan fingerprint density at radius 2 is 2.27 bits per heavy atom. The third-order valence-corrected chi connectivity index (χ3v) is 2.74. The van der Waals surface area contributed by atoms with Gasteiger partial charge in [-0.15, -0.1) is 0 Å². The minimum Gasteiger partial charge on any atom is -0.394 e. The summed E-state index contributed by atoms with van der Waals surface area (Å²) in [4.78, 5) is 7.73. The van der Waals surface area contributed by atoms with Crippen molar-refractivity contribution in [3.8, 4) is 0 Å². The van der Waals surface area contributed by atoms with E-state index in [9.17, 15) is 5.11 Å². The van der Waals surface area contributed by atoms with Gasteiger partial charge in [0.15, 0.2) is 5.82 Å². The van der Waals surface area contributed by atoms with E-state index in [0.29, 0.717) is 5.82 Å². The average molecular weight is 231 g/mol. The average Bonchev–Trinajstić information content (AvgIpc) is 2.25. The molecular formula is C9H15ClN4O. The van der Waals surface area contributed by atoms with Gasteiger partial charge in [0, 0.05) is 0 Å². The first kappa shape index (κ1) is 12.0. The molecule has 0 saturated carbocycles. The minimum atomic E-state index is -0.454. The zero-order valence-corrected chi connectivity index (χ0v) is 9.54. The molecule has 0 aliphatic rings. The van der Waals surface area contributed by atoms with Crippen molar-refractivity contribution in [3.63, 3.8) is 0 Å². The number of rotatable bonds is 4. The number of aliphatic hydroxyl groups is 1. The van der Waals surface area contributed by atoms with Gasteiger partial charge in [-0.2, -0.15) is 0 Å². The fourth-order valence-electron chi connectivity index (χ4n) is 0.996. The largest absolute Gasteiger partial charge is 0.394 e. The molecule has 1 aromatic rings. The van der Waals surface area contributed by atoms with E-state index in [4.69, 9.17) is 17.3 Å². The molecule has 84 valence electrons. The molecule has 0 saturated heterocycles. The van der Waals surface area contributed by atoms with E-state index in [1.165, 1.54) is 6.33 Å². The molecule has 0 radical (unpaired) electrons. The number of hydrogen-bond donors (Lipinski definition) is 3. The minimum absolute atomic E-state index is 0.0102. The maximum atomic E-state index is 9.23. The molecule has 0 amide bonds. The predicted molar refractivity (Wildman–Crippen MR) is 60.9 cm³/mol. The Labute approximate surface area is 93.7 Å². The second-order valence-electron chi connectivity index (χ2n) is 3.62. The summed E-state index contributed by atoms with van der Waals surface area (Å²) in [6, 6.07) is 0. The van der Waals surface area contributed by atoms with Gasteiger partial charge in [-0.05, 0) is 13.3 Å². The molecule has 4 N–H and O–H groups in total. The summed E-state index contributed by atoms with van der Waals surface area (Å²) in [6.45, 7) is 3.83. The molecule has 0 aliphatic heterocycles. The van der Waals surface area contributed by atoms with Crippen molar-refractivity contribution in [1.29, 1.82) is 0 Å². The van der Waals surface area contributed by atoms with Crippen molar-refractivity contribution < 1.29 is 5.11 Å². The van der Waals surface area contributed by atoms with E-state index in [0.717, 1.165) is 6.42 Å². The van der Waals surface area contributed by atoms with Crippen LogP contribution in [0.4, 0.5) is 11.6 Å². The first-order valence-corrected chi connectivity index (χ1v) is 5.05. The van der Waals surface area contributed by atoms with Crippen LogP contribution in [0.1, 0.15) is 20.3 Å².